The Morgan fingerprint density at radius 3 is 2.95 bits per heavy atom. The molecule has 1 saturated heterocycles. The summed E-state index contributed by atoms with van der Waals surface area (Å²) in [6.07, 6.45) is 5.32. The summed E-state index contributed by atoms with van der Waals surface area (Å²) in [4.78, 5) is 10.5. The average Bonchev–Trinajstić information content (AvgIpc) is 2.96. The molecule has 22 heavy (non-hydrogen) atoms. The van der Waals surface area contributed by atoms with E-state index in [0.29, 0.717) is 18.7 Å². The number of aliphatic hydroxyl groups excluding tert-OH is 1. The molecule has 0 spiro atoms. The highest BCUT2D eigenvalue weighted by molar-refractivity contribution is 5.60. The van der Waals surface area contributed by atoms with Gasteiger partial charge in [-0.3, -0.25) is 10.1 Å². The molecule has 1 aliphatic rings. The van der Waals surface area contributed by atoms with Crippen LogP contribution in [-0.4, -0.2) is 42.9 Å². The Labute approximate surface area is 129 Å². The molecule has 0 aromatic heterocycles. The molecule has 0 amide bonds. The highest BCUT2D eigenvalue weighted by Crippen LogP contribution is 2.31. The zero-order valence-electron chi connectivity index (χ0n) is 12.5. The molecule has 6 nitrogen and oxygen atoms in total. The molecule has 0 bridgehead atoms. The molecule has 1 aromatic rings. The minimum atomic E-state index is -0.376. The SMILES string of the molecule is O=[N+]([O-])c1ccccc1/C=C/CNCC1(CCO)CCOC1. The van der Waals surface area contributed by atoms with E-state index in [-0.39, 0.29) is 22.6 Å². The average molecular weight is 306 g/mol. The molecule has 120 valence electrons. The van der Waals surface area contributed by atoms with E-state index in [2.05, 4.69) is 5.32 Å². The van der Waals surface area contributed by atoms with Crippen molar-refractivity contribution in [2.75, 3.05) is 32.9 Å². The predicted octanol–water partition coefficient (Wildman–Crippen LogP) is 1.99. The number of hydrogen-bond donors (Lipinski definition) is 2. The third kappa shape index (κ3) is 4.37. The van der Waals surface area contributed by atoms with Crippen LogP contribution in [-0.2, 0) is 4.74 Å². The number of para-hydroxylation sites is 1. The molecule has 0 aliphatic carbocycles. The van der Waals surface area contributed by atoms with Gasteiger partial charge in [-0.25, -0.2) is 0 Å². The normalized spacial score (nSPS) is 21.5. The minimum absolute atomic E-state index is 0.0152. The van der Waals surface area contributed by atoms with Gasteiger partial charge in [0.2, 0.25) is 0 Å². The summed E-state index contributed by atoms with van der Waals surface area (Å²) in [6, 6.07) is 6.67. The first-order valence-corrected chi connectivity index (χ1v) is 7.46. The summed E-state index contributed by atoms with van der Waals surface area (Å²) >= 11 is 0. The number of hydrogen-bond acceptors (Lipinski definition) is 5. The minimum Gasteiger partial charge on any atom is -0.396 e. The summed E-state index contributed by atoms with van der Waals surface area (Å²) in [5, 5.41) is 23.4. The molecule has 2 rings (SSSR count). The van der Waals surface area contributed by atoms with Gasteiger partial charge in [0.25, 0.3) is 5.69 Å². The molecule has 1 aromatic carbocycles. The zero-order chi connectivity index (χ0) is 15.8. The van der Waals surface area contributed by atoms with Gasteiger partial charge in [0.1, 0.15) is 0 Å². The van der Waals surface area contributed by atoms with E-state index >= 15 is 0 Å². The number of aliphatic hydroxyl groups is 1. The molecule has 1 aliphatic heterocycles. The fraction of sp³-hybridized carbons (Fsp3) is 0.500. The van der Waals surface area contributed by atoms with Crippen LogP contribution in [0.15, 0.2) is 30.3 Å². The number of ether oxygens (including phenoxy) is 1. The van der Waals surface area contributed by atoms with Crippen molar-refractivity contribution in [3.63, 3.8) is 0 Å². The van der Waals surface area contributed by atoms with E-state index in [1.54, 1.807) is 24.3 Å². The first-order valence-electron chi connectivity index (χ1n) is 7.46. The van der Waals surface area contributed by atoms with Crippen LogP contribution in [0.4, 0.5) is 5.69 Å². The highest BCUT2D eigenvalue weighted by atomic mass is 16.6. The molecule has 0 saturated carbocycles. The van der Waals surface area contributed by atoms with Gasteiger partial charge in [-0.2, -0.15) is 0 Å². The third-order valence-corrected chi connectivity index (χ3v) is 4.02. The maximum absolute atomic E-state index is 10.9. The van der Waals surface area contributed by atoms with Crippen LogP contribution >= 0.6 is 0 Å². The maximum Gasteiger partial charge on any atom is 0.276 e. The molecule has 0 radical (unpaired) electrons. The molecule has 2 N–H and O–H groups in total. The molecule has 6 heteroatoms. The fourth-order valence-electron chi connectivity index (χ4n) is 2.71. The van der Waals surface area contributed by atoms with Crippen molar-refractivity contribution in [3.8, 4) is 0 Å². The Kier molecular flexibility index (Phi) is 6.06. The number of nitro groups is 1. The van der Waals surface area contributed by atoms with E-state index in [1.807, 2.05) is 6.08 Å². The summed E-state index contributed by atoms with van der Waals surface area (Å²) in [6.45, 7) is 2.98. The highest BCUT2D eigenvalue weighted by Gasteiger charge is 2.33. The van der Waals surface area contributed by atoms with Crippen LogP contribution in [0.1, 0.15) is 18.4 Å². The number of nitro benzene ring substituents is 1. The standard InChI is InChI=1S/C16H22N2O4/c19-10-7-16(8-11-22-13-16)12-17-9-3-5-14-4-1-2-6-15(14)18(20)21/h1-6,17,19H,7-13H2/b5-3+. The quantitative estimate of drug-likeness (QED) is 0.436. The first-order chi connectivity index (χ1) is 10.7. The van der Waals surface area contributed by atoms with Crippen LogP contribution in [0.5, 0.6) is 0 Å². The number of benzene rings is 1. The molecule has 1 unspecified atom stereocenters. The van der Waals surface area contributed by atoms with E-state index < -0.39 is 0 Å². The van der Waals surface area contributed by atoms with Crippen molar-refractivity contribution in [3.05, 3.63) is 46.0 Å². The molecular weight excluding hydrogens is 284 g/mol. The smallest absolute Gasteiger partial charge is 0.276 e. The number of rotatable bonds is 8. The van der Waals surface area contributed by atoms with Crippen molar-refractivity contribution in [1.29, 1.82) is 0 Å². The van der Waals surface area contributed by atoms with E-state index in [4.69, 9.17) is 9.84 Å². The van der Waals surface area contributed by atoms with Crippen LogP contribution < -0.4 is 5.32 Å². The van der Waals surface area contributed by atoms with E-state index in [0.717, 1.165) is 26.0 Å². The van der Waals surface area contributed by atoms with Gasteiger partial charge in [0, 0.05) is 37.8 Å². The Morgan fingerprint density at radius 1 is 1.45 bits per heavy atom. The van der Waals surface area contributed by atoms with Gasteiger partial charge in [-0.15, -0.1) is 0 Å². The van der Waals surface area contributed by atoms with Gasteiger partial charge < -0.3 is 15.2 Å². The van der Waals surface area contributed by atoms with Crippen molar-refractivity contribution in [2.45, 2.75) is 12.8 Å². The lowest BCUT2D eigenvalue weighted by Crippen LogP contribution is -2.35. The van der Waals surface area contributed by atoms with E-state index in [9.17, 15) is 10.1 Å². The van der Waals surface area contributed by atoms with Crippen molar-refractivity contribution in [2.24, 2.45) is 5.41 Å². The monoisotopic (exact) mass is 306 g/mol. The van der Waals surface area contributed by atoms with Crippen LogP contribution in [0, 0.1) is 15.5 Å². The Morgan fingerprint density at radius 2 is 2.27 bits per heavy atom. The number of nitrogens with zero attached hydrogens (tertiary/aromatic N) is 1. The lowest BCUT2D eigenvalue weighted by Gasteiger charge is -2.26. The van der Waals surface area contributed by atoms with Gasteiger partial charge in [-0.1, -0.05) is 24.3 Å². The summed E-state index contributed by atoms with van der Waals surface area (Å²) in [5.41, 5.74) is 0.727. The third-order valence-electron chi connectivity index (χ3n) is 4.02. The van der Waals surface area contributed by atoms with Gasteiger partial charge in [-0.05, 0) is 18.9 Å². The maximum atomic E-state index is 10.9. The first kappa shape index (κ1) is 16.6. The molecule has 1 heterocycles. The molecule has 1 atom stereocenters. The Hall–Kier alpha value is -1.76. The topological polar surface area (TPSA) is 84.6 Å². The van der Waals surface area contributed by atoms with Crippen molar-refractivity contribution in [1.82, 2.24) is 5.32 Å². The zero-order valence-corrected chi connectivity index (χ0v) is 12.5. The summed E-state index contributed by atoms with van der Waals surface area (Å²) < 4.78 is 5.44. The lowest BCUT2D eigenvalue weighted by molar-refractivity contribution is -0.385. The second kappa shape index (κ2) is 8.03. The van der Waals surface area contributed by atoms with Crippen molar-refractivity contribution < 1.29 is 14.8 Å². The summed E-state index contributed by atoms with van der Waals surface area (Å²) in [5.74, 6) is 0. The fourth-order valence-corrected chi connectivity index (χ4v) is 2.71. The van der Waals surface area contributed by atoms with Crippen molar-refractivity contribution >= 4 is 11.8 Å². The number of nitrogens with one attached hydrogen (secondary N) is 1. The van der Waals surface area contributed by atoms with Crippen LogP contribution in [0.25, 0.3) is 6.08 Å². The summed E-state index contributed by atoms with van der Waals surface area (Å²) in [7, 11) is 0. The second-order valence-corrected chi connectivity index (χ2v) is 5.63. The molecule has 1 fully saturated rings. The van der Waals surface area contributed by atoms with Gasteiger partial charge in [0.15, 0.2) is 0 Å². The Balaban J connectivity index is 1.85. The second-order valence-electron chi connectivity index (χ2n) is 5.63. The largest absolute Gasteiger partial charge is 0.396 e. The van der Waals surface area contributed by atoms with Crippen LogP contribution in [0.2, 0.25) is 0 Å². The lowest BCUT2D eigenvalue weighted by atomic mass is 9.84. The van der Waals surface area contributed by atoms with Crippen LogP contribution in [0.3, 0.4) is 0 Å². The van der Waals surface area contributed by atoms with E-state index in [1.165, 1.54) is 6.07 Å². The molecular formula is C16H22N2O4. The van der Waals surface area contributed by atoms with Gasteiger partial charge >= 0.3 is 0 Å². The van der Waals surface area contributed by atoms with Gasteiger partial charge in [0.05, 0.1) is 17.1 Å². The Bertz CT molecular complexity index is 525. The predicted molar refractivity (Wildman–Crippen MR) is 84.6 cm³/mol.